The second-order valence-corrected chi connectivity index (χ2v) is 5.48. The van der Waals surface area contributed by atoms with Gasteiger partial charge in [0.25, 0.3) is 0 Å². The summed E-state index contributed by atoms with van der Waals surface area (Å²) in [6, 6.07) is 8.66. The van der Waals surface area contributed by atoms with Gasteiger partial charge in [-0.25, -0.2) is 0 Å². The van der Waals surface area contributed by atoms with Gasteiger partial charge >= 0.3 is 0 Å². The SMILES string of the molecule is CCNC(=NCCCCOCC)N(C)Cc1ccc(C)cc1. The van der Waals surface area contributed by atoms with E-state index in [0.29, 0.717) is 0 Å². The lowest BCUT2D eigenvalue weighted by Gasteiger charge is -2.22. The summed E-state index contributed by atoms with van der Waals surface area (Å²) in [5, 5.41) is 3.36. The second kappa shape index (κ2) is 11.1. The fourth-order valence-electron chi connectivity index (χ4n) is 2.16. The molecule has 4 nitrogen and oxygen atoms in total. The summed E-state index contributed by atoms with van der Waals surface area (Å²) >= 11 is 0. The smallest absolute Gasteiger partial charge is 0.193 e. The van der Waals surface area contributed by atoms with Crippen molar-refractivity contribution >= 4 is 5.96 Å². The molecule has 0 bridgehead atoms. The van der Waals surface area contributed by atoms with Crippen LogP contribution in [0.15, 0.2) is 29.3 Å². The Balaban J connectivity index is 2.47. The number of rotatable bonds is 9. The lowest BCUT2D eigenvalue weighted by molar-refractivity contribution is 0.144. The van der Waals surface area contributed by atoms with Crippen molar-refractivity contribution in [1.82, 2.24) is 10.2 Å². The van der Waals surface area contributed by atoms with E-state index >= 15 is 0 Å². The second-order valence-electron chi connectivity index (χ2n) is 5.48. The number of hydrogen-bond donors (Lipinski definition) is 1. The van der Waals surface area contributed by atoms with Gasteiger partial charge in [0.2, 0.25) is 0 Å². The third kappa shape index (κ3) is 7.46. The van der Waals surface area contributed by atoms with Gasteiger partial charge in [0, 0.05) is 39.9 Å². The molecular formula is C18H31N3O. The summed E-state index contributed by atoms with van der Waals surface area (Å²) in [7, 11) is 2.08. The van der Waals surface area contributed by atoms with Gasteiger partial charge in [-0.2, -0.15) is 0 Å². The highest BCUT2D eigenvalue weighted by molar-refractivity contribution is 5.79. The Kier molecular flexibility index (Phi) is 9.31. The van der Waals surface area contributed by atoms with E-state index in [4.69, 9.17) is 9.73 Å². The highest BCUT2D eigenvalue weighted by atomic mass is 16.5. The van der Waals surface area contributed by atoms with Crippen molar-refractivity contribution < 1.29 is 4.74 Å². The number of hydrogen-bond acceptors (Lipinski definition) is 2. The molecule has 1 rings (SSSR count). The third-order valence-corrected chi connectivity index (χ3v) is 3.40. The van der Waals surface area contributed by atoms with Crippen molar-refractivity contribution in [2.75, 3.05) is 33.4 Å². The van der Waals surface area contributed by atoms with Crippen LogP contribution in [-0.2, 0) is 11.3 Å². The summed E-state index contributed by atoms with van der Waals surface area (Å²) in [5.74, 6) is 0.972. The fraction of sp³-hybridized carbons (Fsp3) is 0.611. The third-order valence-electron chi connectivity index (χ3n) is 3.40. The number of nitrogens with one attached hydrogen (secondary N) is 1. The van der Waals surface area contributed by atoms with Crippen LogP contribution >= 0.6 is 0 Å². The van der Waals surface area contributed by atoms with Gasteiger partial charge in [-0.3, -0.25) is 4.99 Å². The van der Waals surface area contributed by atoms with E-state index in [2.05, 4.69) is 55.4 Å². The van der Waals surface area contributed by atoms with Crippen LogP contribution in [0.2, 0.25) is 0 Å². The van der Waals surface area contributed by atoms with Crippen molar-refractivity contribution in [2.45, 2.75) is 40.2 Å². The minimum atomic E-state index is 0.797. The number of ether oxygens (including phenoxy) is 1. The molecule has 0 radical (unpaired) electrons. The largest absolute Gasteiger partial charge is 0.382 e. The van der Waals surface area contributed by atoms with E-state index in [1.54, 1.807) is 0 Å². The zero-order chi connectivity index (χ0) is 16.2. The molecule has 0 aliphatic rings. The van der Waals surface area contributed by atoms with Crippen molar-refractivity contribution in [3.63, 3.8) is 0 Å². The van der Waals surface area contributed by atoms with E-state index in [-0.39, 0.29) is 0 Å². The Morgan fingerprint density at radius 1 is 1.18 bits per heavy atom. The van der Waals surface area contributed by atoms with Gasteiger partial charge < -0.3 is 15.0 Å². The number of aryl methyl sites for hydroxylation is 1. The van der Waals surface area contributed by atoms with Gasteiger partial charge in [-0.05, 0) is 39.2 Å². The molecule has 1 aromatic rings. The summed E-state index contributed by atoms with van der Waals surface area (Å²) in [6.07, 6.45) is 2.13. The predicted molar refractivity (Wildman–Crippen MR) is 94.4 cm³/mol. The molecule has 0 spiro atoms. The van der Waals surface area contributed by atoms with Crippen LogP contribution in [0.3, 0.4) is 0 Å². The summed E-state index contributed by atoms with van der Waals surface area (Å²) in [4.78, 5) is 6.88. The molecule has 22 heavy (non-hydrogen) atoms. The van der Waals surface area contributed by atoms with Gasteiger partial charge in [0.15, 0.2) is 5.96 Å². The molecule has 0 aliphatic carbocycles. The normalized spacial score (nSPS) is 11.5. The molecule has 0 saturated heterocycles. The van der Waals surface area contributed by atoms with E-state index in [1.165, 1.54) is 11.1 Å². The average molecular weight is 305 g/mol. The highest BCUT2D eigenvalue weighted by Crippen LogP contribution is 2.06. The topological polar surface area (TPSA) is 36.9 Å². The summed E-state index contributed by atoms with van der Waals surface area (Å²) in [6.45, 7) is 10.5. The maximum Gasteiger partial charge on any atom is 0.193 e. The first-order valence-corrected chi connectivity index (χ1v) is 8.30. The Morgan fingerprint density at radius 3 is 2.55 bits per heavy atom. The van der Waals surface area contributed by atoms with Crippen LogP contribution in [0.25, 0.3) is 0 Å². The standard InChI is InChI=1S/C18H31N3O/c1-5-19-18(20-13-7-8-14-22-6-2)21(4)15-17-11-9-16(3)10-12-17/h9-12H,5-8,13-15H2,1-4H3,(H,19,20). The van der Waals surface area contributed by atoms with Crippen LogP contribution in [0.5, 0.6) is 0 Å². The molecule has 0 saturated carbocycles. The lowest BCUT2D eigenvalue weighted by atomic mass is 10.1. The Morgan fingerprint density at radius 2 is 1.91 bits per heavy atom. The maximum atomic E-state index is 5.35. The van der Waals surface area contributed by atoms with Crippen LogP contribution < -0.4 is 5.32 Å². The monoisotopic (exact) mass is 305 g/mol. The number of nitrogens with zero attached hydrogens (tertiary/aromatic N) is 2. The Bertz CT molecular complexity index is 428. The molecule has 0 heterocycles. The van der Waals surface area contributed by atoms with Crippen molar-refractivity contribution in [3.8, 4) is 0 Å². The molecule has 0 aromatic heterocycles. The van der Waals surface area contributed by atoms with Crippen LogP contribution in [0.4, 0.5) is 0 Å². The number of benzene rings is 1. The van der Waals surface area contributed by atoms with Crippen LogP contribution in [-0.4, -0.2) is 44.2 Å². The molecule has 1 aromatic carbocycles. The average Bonchev–Trinajstić information content (AvgIpc) is 2.51. The first kappa shape index (κ1) is 18.5. The van der Waals surface area contributed by atoms with Gasteiger partial charge in [-0.15, -0.1) is 0 Å². The van der Waals surface area contributed by atoms with E-state index in [9.17, 15) is 0 Å². The molecule has 0 atom stereocenters. The number of guanidine groups is 1. The first-order valence-electron chi connectivity index (χ1n) is 8.30. The molecule has 124 valence electrons. The van der Waals surface area contributed by atoms with Crippen molar-refractivity contribution in [1.29, 1.82) is 0 Å². The number of aliphatic imine (C=N–C) groups is 1. The predicted octanol–water partition coefficient (Wildman–Crippen LogP) is 3.21. The molecule has 0 amide bonds. The minimum Gasteiger partial charge on any atom is -0.382 e. The zero-order valence-electron chi connectivity index (χ0n) is 14.6. The summed E-state index contributed by atoms with van der Waals surface area (Å²) in [5.41, 5.74) is 2.59. The molecule has 4 heteroatoms. The molecule has 0 fully saturated rings. The first-order chi connectivity index (χ1) is 10.7. The van der Waals surface area contributed by atoms with Gasteiger partial charge in [0.05, 0.1) is 0 Å². The van der Waals surface area contributed by atoms with Crippen molar-refractivity contribution in [3.05, 3.63) is 35.4 Å². The van der Waals surface area contributed by atoms with Gasteiger partial charge in [-0.1, -0.05) is 29.8 Å². The Hall–Kier alpha value is -1.55. The van der Waals surface area contributed by atoms with Gasteiger partial charge in [0.1, 0.15) is 0 Å². The quantitative estimate of drug-likeness (QED) is 0.432. The van der Waals surface area contributed by atoms with E-state index in [1.807, 2.05) is 6.92 Å². The molecule has 1 N–H and O–H groups in total. The van der Waals surface area contributed by atoms with Crippen LogP contribution in [0.1, 0.15) is 37.8 Å². The molecule has 0 aliphatic heterocycles. The number of unbranched alkanes of at least 4 members (excludes halogenated alkanes) is 1. The maximum absolute atomic E-state index is 5.35. The van der Waals surface area contributed by atoms with E-state index in [0.717, 1.165) is 51.6 Å². The fourth-order valence-corrected chi connectivity index (χ4v) is 2.16. The van der Waals surface area contributed by atoms with E-state index < -0.39 is 0 Å². The Labute approximate surface area is 135 Å². The summed E-state index contributed by atoms with van der Waals surface area (Å²) < 4.78 is 5.35. The zero-order valence-corrected chi connectivity index (χ0v) is 14.6. The van der Waals surface area contributed by atoms with Crippen LogP contribution in [0, 0.1) is 6.92 Å². The highest BCUT2D eigenvalue weighted by Gasteiger charge is 2.06. The molecule has 0 unspecified atom stereocenters. The molecular weight excluding hydrogens is 274 g/mol. The van der Waals surface area contributed by atoms with Crippen molar-refractivity contribution in [2.24, 2.45) is 4.99 Å². The lowest BCUT2D eigenvalue weighted by Crippen LogP contribution is -2.38. The minimum absolute atomic E-state index is 0.797.